The first-order chi connectivity index (χ1) is 19.7. The molecular weight excluding hydrogens is 516 g/mol. The number of urea groups is 1. The SMILES string of the molecule is CNc1nccc(-c2cccnc2Oc2ccc(NC(=O)Nc3cc(C)ccc3N(C)CCCN(C)C)cc2C)n1. The van der Waals surface area contributed by atoms with Crippen molar-refractivity contribution in [2.24, 2.45) is 0 Å². The molecule has 0 saturated heterocycles. The van der Waals surface area contributed by atoms with Crippen molar-refractivity contribution < 1.29 is 9.53 Å². The molecule has 0 unspecified atom stereocenters. The first-order valence-electron chi connectivity index (χ1n) is 13.5. The van der Waals surface area contributed by atoms with E-state index in [0.29, 0.717) is 29.0 Å². The summed E-state index contributed by atoms with van der Waals surface area (Å²) in [5, 5.41) is 8.92. The van der Waals surface area contributed by atoms with Gasteiger partial charge in [-0.05, 0) is 101 Å². The van der Waals surface area contributed by atoms with Gasteiger partial charge in [0, 0.05) is 38.7 Å². The predicted octanol–water partition coefficient (Wildman–Crippen LogP) is 6.02. The van der Waals surface area contributed by atoms with Crippen molar-refractivity contribution in [2.75, 3.05) is 62.1 Å². The summed E-state index contributed by atoms with van der Waals surface area (Å²) >= 11 is 0. The first kappa shape index (κ1) is 29.3. The number of nitrogens with zero attached hydrogens (tertiary/aromatic N) is 5. The van der Waals surface area contributed by atoms with Gasteiger partial charge in [-0.3, -0.25) is 0 Å². The fourth-order valence-electron chi connectivity index (χ4n) is 4.35. The van der Waals surface area contributed by atoms with Gasteiger partial charge in [-0.2, -0.15) is 0 Å². The van der Waals surface area contributed by atoms with E-state index >= 15 is 0 Å². The Bertz CT molecular complexity index is 1490. The number of aryl methyl sites for hydroxylation is 2. The standard InChI is InChI=1S/C31H38N8O2/c1-21-10-12-27(39(6)18-8-17-38(4)5)26(19-21)37-31(40)35-23-11-13-28(22(2)20-23)41-29-24(9-7-15-33-29)25-14-16-34-30(32-3)36-25/h7,9-16,19-20H,8,17-18H2,1-6H3,(H,32,34,36)(H2,35,37,40). The molecular formula is C31H38N8O2. The molecule has 4 aromatic rings. The molecule has 10 nitrogen and oxygen atoms in total. The van der Waals surface area contributed by atoms with Crippen LogP contribution in [0.5, 0.6) is 11.6 Å². The van der Waals surface area contributed by atoms with E-state index in [1.54, 1.807) is 25.5 Å². The number of amides is 2. The average molecular weight is 555 g/mol. The monoisotopic (exact) mass is 554 g/mol. The maximum Gasteiger partial charge on any atom is 0.323 e. The molecule has 41 heavy (non-hydrogen) atoms. The third-order valence-corrected chi connectivity index (χ3v) is 6.48. The Balaban J connectivity index is 1.45. The molecule has 0 atom stereocenters. The summed E-state index contributed by atoms with van der Waals surface area (Å²) in [5.74, 6) is 1.56. The normalized spacial score (nSPS) is 10.8. The molecule has 0 aliphatic heterocycles. The highest BCUT2D eigenvalue weighted by molar-refractivity contribution is 6.02. The molecule has 2 heterocycles. The van der Waals surface area contributed by atoms with Crippen molar-refractivity contribution in [3.8, 4) is 22.9 Å². The molecule has 214 valence electrons. The largest absolute Gasteiger partial charge is 0.438 e. The van der Waals surface area contributed by atoms with Crippen LogP contribution in [0.4, 0.5) is 27.8 Å². The lowest BCUT2D eigenvalue weighted by atomic mass is 10.1. The molecule has 0 radical (unpaired) electrons. The van der Waals surface area contributed by atoms with Gasteiger partial charge in [0.2, 0.25) is 11.8 Å². The number of benzene rings is 2. The number of carbonyl (C=O) groups excluding carboxylic acids is 1. The zero-order valence-electron chi connectivity index (χ0n) is 24.5. The van der Waals surface area contributed by atoms with E-state index in [1.165, 1.54) is 0 Å². The summed E-state index contributed by atoms with van der Waals surface area (Å²) in [6, 6.07) is 16.8. The van der Waals surface area contributed by atoms with Crippen LogP contribution in [0, 0.1) is 13.8 Å². The van der Waals surface area contributed by atoms with Gasteiger partial charge in [0.05, 0.1) is 22.6 Å². The van der Waals surface area contributed by atoms with E-state index in [4.69, 9.17) is 4.74 Å². The van der Waals surface area contributed by atoms with Gasteiger partial charge < -0.3 is 30.5 Å². The van der Waals surface area contributed by atoms with Gasteiger partial charge in [-0.15, -0.1) is 0 Å². The Kier molecular flexibility index (Phi) is 9.70. The van der Waals surface area contributed by atoms with Gasteiger partial charge in [0.1, 0.15) is 5.75 Å². The maximum absolute atomic E-state index is 13.0. The maximum atomic E-state index is 13.0. The van der Waals surface area contributed by atoms with Gasteiger partial charge in [-0.1, -0.05) is 6.07 Å². The third-order valence-electron chi connectivity index (χ3n) is 6.48. The highest BCUT2D eigenvalue weighted by Crippen LogP contribution is 2.33. The molecule has 2 aromatic heterocycles. The lowest BCUT2D eigenvalue weighted by Crippen LogP contribution is -2.26. The van der Waals surface area contributed by atoms with Crippen LogP contribution < -0.4 is 25.6 Å². The second-order valence-electron chi connectivity index (χ2n) is 10.1. The quantitative estimate of drug-likeness (QED) is 0.207. The number of hydrogen-bond acceptors (Lipinski definition) is 8. The fourth-order valence-corrected chi connectivity index (χ4v) is 4.35. The number of pyridine rings is 1. The average Bonchev–Trinajstić information content (AvgIpc) is 2.94. The highest BCUT2D eigenvalue weighted by atomic mass is 16.5. The van der Waals surface area contributed by atoms with Crippen LogP contribution in [0.1, 0.15) is 17.5 Å². The summed E-state index contributed by atoms with van der Waals surface area (Å²) in [4.78, 5) is 30.5. The second-order valence-corrected chi connectivity index (χ2v) is 10.1. The predicted molar refractivity (Wildman–Crippen MR) is 166 cm³/mol. The summed E-state index contributed by atoms with van der Waals surface area (Å²) in [6.45, 7) is 5.81. The van der Waals surface area contributed by atoms with Crippen LogP contribution in [0.15, 0.2) is 67.0 Å². The number of aromatic nitrogens is 3. The Morgan fingerprint density at radius 1 is 0.927 bits per heavy atom. The number of ether oxygens (including phenoxy) is 1. The minimum atomic E-state index is -0.317. The van der Waals surface area contributed by atoms with Crippen LogP contribution in [-0.2, 0) is 0 Å². The van der Waals surface area contributed by atoms with E-state index in [2.05, 4.69) is 60.9 Å². The van der Waals surface area contributed by atoms with Crippen LogP contribution in [-0.4, -0.2) is 67.2 Å². The zero-order valence-corrected chi connectivity index (χ0v) is 24.5. The topological polar surface area (TPSA) is 108 Å². The molecule has 0 aliphatic carbocycles. The van der Waals surface area contributed by atoms with E-state index in [-0.39, 0.29) is 6.03 Å². The molecule has 0 saturated carbocycles. The number of nitrogens with one attached hydrogen (secondary N) is 3. The summed E-state index contributed by atoms with van der Waals surface area (Å²) in [5.41, 5.74) is 5.74. The number of hydrogen-bond donors (Lipinski definition) is 3. The smallest absolute Gasteiger partial charge is 0.323 e. The first-order valence-corrected chi connectivity index (χ1v) is 13.5. The Morgan fingerprint density at radius 2 is 1.76 bits per heavy atom. The van der Waals surface area contributed by atoms with Crippen molar-refractivity contribution in [2.45, 2.75) is 20.3 Å². The molecule has 0 spiro atoms. The lowest BCUT2D eigenvalue weighted by Gasteiger charge is -2.24. The van der Waals surface area contributed by atoms with Crippen molar-refractivity contribution in [1.29, 1.82) is 0 Å². The molecule has 0 aliphatic rings. The van der Waals surface area contributed by atoms with E-state index < -0.39 is 0 Å². The number of carbonyl (C=O) groups is 1. The summed E-state index contributed by atoms with van der Waals surface area (Å²) in [7, 11) is 7.95. The molecule has 10 heteroatoms. The van der Waals surface area contributed by atoms with Crippen LogP contribution in [0.2, 0.25) is 0 Å². The Morgan fingerprint density at radius 3 is 2.51 bits per heavy atom. The summed E-state index contributed by atoms with van der Waals surface area (Å²) < 4.78 is 6.20. The highest BCUT2D eigenvalue weighted by Gasteiger charge is 2.14. The second kappa shape index (κ2) is 13.6. The van der Waals surface area contributed by atoms with Crippen LogP contribution in [0.25, 0.3) is 11.3 Å². The van der Waals surface area contributed by atoms with Crippen LogP contribution >= 0.6 is 0 Å². The van der Waals surface area contributed by atoms with Crippen LogP contribution in [0.3, 0.4) is 0 Å². The van der Waals surface area contributed by atoms with Crippen molar-refractivity contribution in [3.05, 3.63) is 78.1 Å². The fraction of sp³-hybridized carbons (Fsp3) is 0.290. The number of anilines is 4. The van der Waals surface area contributed by atoms with Crippen molar-refractivity contribution in [1.82, 2.24) is 19.9 Å². The van der Waals surface area contributed by atoms with E-state index in [1.807, 2.05) is 63.4 Å². The molecule has 3 N–H and O–H groups in total. The van der Waals surface area contributed by atoms with Gasteiger partial charge in [-0.25, -0.2) is 19.7 Å². The Hall–Kier alpha value is -4.70. The van der Waals surface area contributed by atoms with E-state index in [9.17, 15) is 4.79 Å². The summed E-state index contributed by atoms with van der Waals surface area (Å²) in [6.07, 6.45) is 4.38. The minimum Gasteiger partial charge on any atom is -0.438 e. The molecule has 2 amide bonds. The lowest BCUT2D eigenvalue weighted by molar-refractivity contribution is 0.262. The number of rotatable bonds is 11. The van der Waals surface area contributed by atoms with Crippen molar-refractivity contribution >= 4 is 29.0 Å². The van der Waals surface area contributed by atoms with Gasteiger partial charge >= 0.3 is 6.03 Å². The van der Waals surface area contributed by atoms with Gasteiger partial charge in [0.15, 0.2) is 0 Å². The Labute approximate surface area is 241 Å². The van der Waals surface area contributed by atoms with Crippen molar-refractivity contribution in [3.63, 3.8) is 0 Å². The van der Waals surface area contributed by atoms with Gasteiger partial charge in [0.25, 0.3) is 0 Å². The van der Waals surface area contributed by atoms with E-state index in [0.717, 1.165) is 47.6 Å². The molecule has 0 fully saturated rings. The third kappa shape index (κ3) is 7.92. The zero-order chi connectivity index (χ0) is 29.4. The molecule has 0 bridgehead atoms. The molecule has 4 rings (SSSR count). The minimum absolute atomic E-state index is 0.317. The molecule has 2 aromatic carbocycles.